The number of para-hydroxylation sites is 1. The molecule has 0 saturated heterocycles. The highest BCUT2D eigenvalue weighted by atomic mass is 79.9. The molecule has 4 rings (SSSR count). The van der Waals surface area contributed by atoms with Crippen LogP contribution in [-0.4, -0.2) is 42.2 Å². The number of nitro groups is 1. The van der Waals surface area contributed by atoms with Crippen molar-refractivity contribution in [2.24, 2.45) is 0 Å². The van der Waals surface area contributed by atoms with Crippen molar-refractivity contribution in [3.05, 3.63) is 79.2 Å². The Labute approximate surface area is 187 Å². The smallest absolute Gasteiger partial charge is 0.269 e. The lowest BCUT2D eigenvalue weighted by Gasteiger charge is -2.08. The van der Waals surface area contributed by atoms with E-state index in [1.54, 1.807) is 16.8 Å². The number of thioether (sulfide) groups is 1. The number of ether oxygens (including phenoxy) is 1. The number of halogens is 1. The minimum Gasteiger partial charge on any atom is -0.493 e. The lowest BCUT2D eigenvalue weighted by atomic mass is 10.3. The van der Waals surface area contributed by atoms with E-state index in [4.69, 9.17) is 4.74 Å². The number of non-ortho nitro benzene ring substituents is 1. The molecule has 0 bridgehead atoms. The number of rotatable bonds is 8. The molecule has 0 saturated carbocycles. The molecule has 158 valence electrons. The van der Waals surface area contributed by atoms with Crippen molar-refractivity contribution in [2.45, 2.75) is 11.7 Å². The zero-order valence-corrected chi connectivity index (χ0v) is 18.3. The molecule has 0 amide bonds. The number of hydrogen-bond donors (Lipinski definition) is 1. The topological polar surface area (TPSA) is 129 Å². The van der Waals surface area contributed by atoms with Gasteiger partial charge in [0.15, 0.2) is 5.16 Å². The quantitative estimate of drug-likeness (QED) is 0.127. The van der Waals surface area contributed by atoms with E-state index in [-0.39, 0.29) is 17.8 Å². The summed E-state index contributed by atoms with van der Waals surface area (Å²) in [6.45, 7) is 0.628. The van der Waals surface area contributed by atoms with Gasteiger partial charge in [-0.3, -0.25) is 14.9 Å². The summed E-state index contributed by atoms with van der Waals surface area (Å²) in [4.78, 5) is 29.8. The molecule has 0 aliphatic carbocycles. The van der Waals surface area contributed by atoms with Crippen molar-refractivity contribution in [3.8, 4) is 5.75 Å². The molecular formula is C19H15BrN6O4S. The summed E-state index contributed by atoms with van der Waals surface area (Å²) in [5, 5.41) is 19.4. The summed E-state index contributed by atoms with van der Waals surface area (Å²) in [7, 11) is 0. The third kappa shape index (κ3) is 4.91. The summed E-state index contributed by atoms with van der Waals surface area (Å²) < 4.78 is 7.62. The van der Waals surface area contributed by atoms with Crippen molar-refractivity contribution in [1.82, 2.24) is 25.0 Å². The van der Waals surface area contributed by atoms with Crippen molar-refractivity contribution in [3.63, 3.8) is 0 Å². The first-order valence-electron chi connectivity index (χ1n) is 9.08. The van der Waals surface area contributed by atoms with Crippen molar-refractivity contribution < 1.29 is 9.66 Å². The van der Waals surface area contributed by atoms with Crippen molar-refractivity contribution >= 4 is 44.4 Å². The molecule has 0 unspecified atom stereocenters. The van der Waals surface area contributed by atoms with Gasteiger partial charge in [0.1, 0.15) is 15.7 Å². The van der Waals surface area contributed by atoms with Crippen LogP contribution in [0.5, 0.6) is 5.75 Å². The number of fused-ring (bicyclic) bond motifs is 1. The van der Waals surface area contributed by atoms with Crippen LogP contribution >= 0.6 is 27.7 Å². The number of hydrogen-bond acceptors (Lipinski definition) is 8. The second-order valence-corrected chi connectivity index (χ2v) is 8.19. The Kier molecular flexibility index (Phi) is 6.28. The van der Waals surface area contributed by atoms with E-state index in [2.05, 4.69) is 36.2 Å². The molecule has 2 aromatic carbocycles. The minimum absolute atomic E-state index is 0.00560. The predicted octanol–water partition coefficient (Wildman–Crippen LogP) is 3.40. The molecule has 12 heteroatoms. The van der Waals surface area contributed by atoms with Crippen molar-refractivity contribution in [2.75, 3.05) is 12.4 Å². The van der Waals surface area contributed by atoms with E-state index in [1.807, 2.05) is 24.3 Å². The predicted molar refractivity (Wildman–Crippen MR) is 119 cm³/mol. The number of nitro benzene ring substituents is 1. The monoisotopic (exact) mass is 502 g/mol. The zero-order chi connectivity index (χ0) is 21.8. The summed E-state index contributed by atoms with van der Waals surface area (Å²) in [5.74, 6) is 1.05. The normalized spacial score (nSPS) is 11.0. The molecule has 0 atom stereocenters. The van der Waals surface area contributed by atoms with Gasteiger partial charge in [-0.15, -0.1) is 5.10 Å². The van der Waals surface area contributed by atoms with Gasteiger partial charge < -0.3 is 9.72 Å². The largest absolute Gasteiger partial charge is 0.493 e. The van der Waals surface area contributed by atoms with E-state index in [1.165, 1.54) is 23.9 Å². The number of nitrogens with one attached hydrogen (secondary N) is 1. The minimum atomic E-state index is -0.463. The van der Waals surface area contributed by atoms with Gasteiger partial charge in [0.25, 0.3) is 11.2 Å². The van der Waals surface area contributed by atoms with E-state index in [9.17, 15) is 14.9 Å². The molecule has 0 fully saturated rings. The summed E-state index contributed by atoms with van der Waals surface area (Å²) in [5.41, 5.74) is 1.88. The maximum Gasteiger partial charge on any atom is 0.269 e. The maximum absolute atomic E-state index is 12.3. The Bertz CT molecular complexity index is 1290. The first kappa shape index (κ1) is 21.0. The lowest BCUT2D eigenvalue weighted by Crippen LogP contribution is -2.16. The molecule has 0 aliphatic rings. The fourth-order valence-electron chi connectivity index (χ4n) is 2.79. The second-order valence-electron chi connectivity index (χ2n) is 6.32. The standard InChI is InChI=1S/C19H15BrN6O4S/c20-17-15(11-25-16-4-2-1-3-14(16)23-24-25)21-19(22-18(17)27)31-10-9-30-13-7-5-12(6-8-13)26(28)29/h1-8H,9-11H2,(H,21,22,27). The fourth-order valence-corrected chi connectivity index (χ4v) is 3.81. The van der Waals surface area contributed by atoms with Gasteiger partial charge in [-0.25, -0.2) is 9.67 Å². The number of benzene rings is 2. The number of nitrogens with zero attached hydrogens (tertiary/aromatic N) is 5. The summed E-state index contributed by atoms with van der Waals surface area (Å²) in [6.07, 6.45) is 0. The Balaban J connectivity index is 1.40. The van der Waals surface area contributed by atoms with E-state index in [0.717, 1.165) is 11.0 Å². The molecule has 2 heterocycles. The Morgan fingerprint density at radius 2 is 1.97 bits per heavy atom. The maximum atomic E-state index is 12.3. The molecule has 1 N–H and O–H groups in total. The molecule has 31 heavy (non-hydrogen) atoms. The average Bonchev–Trinajstić information content (AvgIpc) is 3.18. The van der Waals surface area contributed by atoms with Crippen LogP contribution in [0.4, 0.5) is 5.69 Å². The van der Waals surface area contributed by atoms with Crippen molar-refractivity contribution in [1.29, 1.82) is 0 Å². The molecule has 10 nitrogen and oxygen atoms in total. The van der Waals surface area contributed by atoms with Gasteiger partial charge in [0, 0.05) is 17.9 Å². The molecule has 0 radical (unpaired) electrons. The van der Waals surface area contributed by atoms with Crippen LogP contribution in [0.2, 0.25) is 0 Å². The Hall–Kier alpha value is -3.25. The van der Waals surface area contributed by atoms with Crippen LogP contribution in [0, 0.1) is 10.1 Å². The van der Waals surface area contributed by atoms with Gasteiger partial charge in [0.2, 0.25) is 0 Å². The molecular weight excluding hydrogens is 488 g/mol. The molecule has 0 aliphatic heterocycles. The zero-order valence-electron chi connectivity index (χ0n) is 15.9. The Morgan fingerprint density at radius 3 is 2.74 bits per heavy atom. The van der Waals surface area contributed by atoms with E-state index >= 15 is 0 Å². The fraction of sp³-hybridized carbons (Fsp3) is 0.158. The van der Waals surface area contributed by atoms with Gasteiger partial charge in [-0.2, -0.15) is 0 Å². The third-order valence-corrected chi connectivity index (χ3v) is 5.92. The highest BCUT2D eigenvalue weighted by molar-refractivity contribution is 9.10. The van der Waals surface area contributed by atoms with Crippen LogP contribution in [0.1, 0.15) is 5.69 Å². The number of aromatic amines is 1. The van der Waals surface area contributed by atoms with Crippen LogP contribution in [0.25, 0.3) is 11.0 Å². The van der Waals surface area contributed by atoms with Gasteiger partial charge in [0.05, 0.1) is 29.3 Å². The van der Waals surface area contributed by atoms with Crippen LogP contribution < -0.4 is 10.3 Å². The summed E-state index contributed by atoms with van der Waals surface area (Å²) in [6, 6.07) is 13.4. The number of aromatic nitrogens is 5. The van der Waals surface area contributed by atoms with Gasteiger partial charge in [-0.1, -0.05) is 29.1 Å². The third-order valence-electron chi connectivity index (χ3n) is 4.27. The first-order valence-corrected chi connectivity index (χ1v) is 10.9. The molecule has 0 spiro atoms. The highest BCUT2D eigenvalue weighted by Gasteiger charge is 2.13. The average molecular weight is 503 g/mol. The summed E-state index contributed by atoms with van der Waals surface area (Å²) >= 11 is 4.64. The van der Waals surface area contributed by atoms with Crippen LogP contribution in [-0.2, 0) is 6.54 Å². The Morgan fingerprint density at radius 1 is 1.19 bits per heavy atom. The van der Waals surface area contributed by atoms with Crippen LogP contribution in [0.3, 0.4) is 0 Å². The number of H-pyrrole nitrogens is 1. The molecule has 4 aromatic rings. The van der Waals surface area contributed by atoms with Gasteiger partial charge >= 0.3 is 0 Å². The second kappa shape index (κ2) is 9.27. The molecule has 2 aromatic heterocycles. The van der Waals surface area contributed by atoms with Crippen LogP contribution in [0.15, 0.2) is 63.0 Å². The first-order chi connectivity index (χ1) is 15.0. The van der Waals surface area contributed by atoms with E-state index in [0.29, 0.717) is 33.4 Å². The van der Waals surface area contributed by atoms with E-state index < -0.39 is 4.92 Å². The lowest BCUT2D eigenvalue weighted by molar-refractivity contribution is -0.384. The highest BCUT2D eigenvalue weighted by Crippen LogP contribution is 2.20. The SMILES string of the molecule is O=c1[nH]c(SCCOc2ccc([N+](=O)[O-])cc2)nc(Cn2nnc3ccccc32)c1Br. The van der Waals surface area contributed by atoms with Gasteiger partial charge in [-0.05, 0) is 40.2 Å².